The molecule has 23 heavy (non-hydrogen) atoms. The third kappa shape index (κ3) is 3.33. The average Bonchev–Trinajstić information content (AvgIpc) is 2.87. The Balaban J connectivity index is 1.99. The molecular formula is C23H38. The molecule has 0 unspecified atom stereocenters. The lowest BCUT2D eigenvalue weighted by atomic mass is 9.72. The first kappa shape index (κ1) is 17.3. The number of hydrogen-bond donors (Lipinski definition) is 0. The molecule has 0 aromatic carbocycles. The average molecular weight is 315 g/mol. The Hall–Kier alpha value is -0.520. The predicted molar refractivity (Wildman–Crippen MR) is 102 cm³/mol. The number of fused-ring (bicyclic) bond motifs is 1. The fourth-order valence-electron chi connectivity index (χ4n) is 5.44. The Morgan fingerprint density at radius 3 is 1.39 bits per heavy atom. The molecule has 0 heterocycles. The lowest BCUT2D eigenvalue weighted by Gasteiger charge is -2.33. The molecule has 3 aliphatic rings. The van der Waals surface area contributed by atoms with Crippen LogP contribution in [0.5, 0.6) is 0 Å². The summed E-state index contributed by atoms with van der Waals surface area (Å²) in [7, 11) is 0. The van der Waals surface area contributed by atoms with Gasteiger partial charge < -0.3 is 0 Å². The fraction of sp³-hybridized carbons (Fsp3) is 0.826. The number of rotatable bonds is 0. The maximum atomic E-state index is 2.43. The summed E-state index contributed by atoms with van der Waals surface area (Å²) in [6.07, 6.45) is 14.4. The van der Waals surface area contributed by atoms with Crippen LogP contribution in [0.1, 0.15) is 106 Å². The summed E-state index contributed by atoms with van der Waals surface area (Å²) in [6, 6.07) is 0. The molecule has 2 fully saturated rings. The topological polar surface area (TPSA) is 0 Å². The smallest absolute Gasteiger partial charge is 0.00861 e. The fourth-order valence-corrected chi connectivity index (χ4v) is 5.44. The molecule has 0 heteroatoms. The van der Waals surface area contributed by atoms with Crippen LogP contribution in [-0.2, 0) is 0 Å². The van der Waals surface area contributed by atoms with E-state index < -0.39 is 0 Å². The highest BCUT2D eigenvalue weighted by molar-refractivity contribution is 5.54. The van der Waals surface area contributed by atoms with E-state index in [9.17, 15) is 0 Å². The molecule has 0 saturated heterocycles. The zero-order chi connectivity index (χ0) is 16.9. The van der Waals surface area contributed by atoms with Crippen molar-refractivity contribution in [1.29, 1.82) is 0 Å². The highest BCUT2D eigenvalue weighted by Gasteiger charge is 2.46. The van der Waals surface area contributed by atoms with E-state index in [0.29, 0.717) is 16.2 Å². The van der Waals surface area contributed by atoms with Crippen molar-refractivity contribution in [2.24, 2.45) is 16.2 Å². The second-order valence-corrected chi connectivity index (χ2v) is 10.7. The van der Waals surface area contributed by atoms with Crippen molar-refractivity contribution in [2.45, 2.75) is 106 Å². The Kier molecular flexibility index (Phi) is 4.35. The van der Waals surface area contributed by atoms with E-state index in [0.717, 1.165) is 0 Å². The van der Waals surface area contributed by atoms with Gasteiger partial charge in [-0.15, -0.1) is 0 Å². The van der Waals surface area contributed by atoms with Crippen LogP contribution in [0.25, 0.3) is 0 Å². The Labute approximate surface area is 144 Å². The lowest BCUT2D eigenvalue weighted by Crippen LogP contribution is -2.20. The van der Waals surface area contributed by atoms with Crippen LogP contribution in [0.2, 0.25) is 0 Å². The van der Waals surface area contributed by atoms with Crippen LogP contribution in [0.4, 0.5) is 0 Å². The first-order valence-corrected chi connectivity index (χ1v) is 10.1. The quantitative estimate of drug-likeness (QED) is 0.432. The summed E-state index contributed by atoms with van der Waals surface area (Å²) >= 11 is 0. The minimum Gasteiger partial charge on any atom is -0.0573 e. The first-order valence-electron chi connectivity index (χ1n) is 10.1. The normalized spacial score (nSPS) is 25.8. The maximum absolute atomic E-state index is 2.43. The summed E-state index contributed by atoms with van der Waals surface area (Å²) in [5.41, 5.74) is 8.46. The van der Waals surface area contributed by atoms with Gasteiger partial charge in [-0.2, -0.15) is 0 Å². The number of allylic oxidation sites excluding steroid dienone is 4. The minimum atomic E-state index is 0.334. The van der Waals surface area contributed by atoms with Crippen molar-refractivity contribution in [3.05, 3.63) is 22.3 Å². The van der Waals surface area contributed by atoms with Gasteiger partial charge in [-0.1, -0.05) is 84.8 Å². The summed E-state index contributed by atoms with van der Waals surface area (Å²) in [5, 5.41) is 0. The van der Waals surface area contributed by atoms with E-state index in [1.807, 2.05) is 11.1 Å². The van der Waals surface area contributed by atoms with E-state index in [2.05, 4.69) is 41.5 Å². The predicted octanol–water partition coefficient (Wildman–Crippen LogP) is 7.60. The van der Waals surface area contributed by atoms with Gasteiger partial charge in [0.05, 0.1) is 0 Å². The van der Waals surface area contributed by atoms with Gasteiger partial charge in [0.2, 0.25) is 0 Å². The van der Waals surface area contributed by atoms with Gasteiger partial charge in [0.1, 0.15) is 0 Å². The Bertz CT molecular complexity index is 479. The molecule has 1 spiro atoms. The van der Waals surface area contributed by atoms with Crippen LogP contribution in [0, 0.1) is 16.2 Å². The van der Waals surface area contributed by atoms with E-state index in [1.54, 1.807) is 11.1 Å². The van der Waals surface area contributed by atoms with Crippen LogP contribution in [-0.4, -0.2) is 0 Å². The lowest BCUT2D eigenvalue weighted by molar-refractivity contribution is 0.226. The second kappa shape index (κ2) is 5.78. The second-order valence-electron chi connectivity index (χ2n) is 10.7. The Morgan fingerprint density at radius 2 is 1.00 bits per heavy atom. The molecule has 0 radical (unpaired) electrons. The summed E-state index contributed by atoms with van der Waals surface area (Å²) in [6.45, 7) is 14.6. The minimum absolute atomic E-state index is 0.334. The Morgan fingerprint density at radius 1 is 0.609 bits per heavy atom. The zero-order valence-corrected chi connectivity index (χ0v) is 16.6. The summed E-state index contributed by atoms with van der Waals surface area (Å²) < 4.78 is 0. The molecule has 2 saturated carbocycles. The summed E-state index contributed by atoms with van der Waals surface area (Å²) in [5.74, 6) is 0. The van der Waals surface area contributed by atoms with Crippen molar-refractivity contribution in [3.63, 3.8) is 0 Å². The monoisotopic (exact) mass is 314 g/mol. The SMILES string of the molecule is CC(C)(C)C1=C2CC3(CCCCCCC3)CC2=C(C(C)(C)C)C1. The van der Waals surface area contributed by atoms with E-state index in [1.165, 1.54) is 64.2 Å². The zero-order valence-electron chi connectivity index (χ0n) is 16.6. The molecule has 0 nitrogen and oxygen atoms in total. The van der Waals surface area contributed by atoms with Gasteiger partial charge in [-0.3, -0.25) is 0 Å². The van der Waals surface area contributed by atoms with Crippen molar-refractivity contribution < 1.29 is 0 Å². The highest BCUT2D eigenvalue weighted by Crippen LogP contribution is 2.60. The molecule has 0 bridgehead atoms. The number of hydrogen-bond acceptors (Lipinski definition) is 0. The molecule has 130 valence electrons. The summed E-state index contributed by atoms with van der Waals surface area (Å²) in [4.78, 5) is 0. The standard InChI is InChI=1S/C23H38/c1-21(2,3)19-14-20(22(4,5)6)18-16-23(15-17(18)19)12-10-8-7-9-11-13-23/h7-16H2,1-6H3. The highest BCUT2D eigenvalue weighted by atomic mass is 14.5. The largest absolute Gasteiger partial charge is 0.0573 e. The molecule has 3 aliphatic carbocycles. The third-order valence-corrected chi connectivity index (χ3v) is 6.77. The van der Waals surface area contributed by atoms with Crippen molar-refractivity contribution in [3.8, 4) is 0 Å². The molecule has 0 aliphatic heterocycles. The van der Waals surface area contributed by atoms with Gasteiger partial charge in [-0.25, -0.2) is 0 Å². The van der Waals surface area contributed by atoms with Crippen LogP contribution >= 0.6 is 0 Å². The van der Waals surface area contributed by atoms with E-state index in [4.69, 9.17) is 0 Å². The van der Waals surface area contributed by atoms with Crippen molar-refractivity contribution in [2.75, 3.05) is 0 Å². The molecule has 3 rings (SSSR count). The molecule has 0 aromatic rings. The molecular weight excluding hydrogens is 276 g/mol. The van der Waals surface area contributed by atoms with Gasteiger partial charge in [-0.05, 0) is 59.5 Å². The van der Waals surface area contributed by atoms with E-state index >= 15 is 0 Å². The molecule has 0 N–H and O–H groups in total. The van der Waals surface area contributed by atoms with Crippen molar-refractivity contribution in [1.82, 2.24) is 0 Å². The molecule has 0 atom stereocenters. The first-order chi connectivity index (χ1) is 10.6. The van der Waals surface area contributed by atoms with Crippen molar-refractivity contribution >= 4 is 0 Å². The van der Waals surface area contributed by atoms with Gasteiger partial charge in [0.15, 0.2) is 0 Å². The maximum Gasteiger partial charge on any atom is -0.00861 e. The van der Waals surface area contributed by atoms with E-state index in [-0.39, 0.29) is 0 Å². The van der Waals surface area contributed by atoms with Crippen LogP contribution in [0.3, 0.4) is 0 Å². The van der Waals surface area contributed by atoms with Crippen LogP contribution in [0.15, 0.2) is 22.3 Å². The molecule has 0 amide bonds. The van der Waals surface area contributed by atoms with Crippen LogP contribution < -0.4 is 0 Å². The van der Waals surface area contributed by atoms with Gasteiger partial charge in [0, 0.05) is 0 Å². The van der Waals surface area contributed by atoms with Gasteiger partial charge in [0.25, 0.3) is 0 Å². The third-order valence-electron chi connectivity index (χ3n) is 6.77. The van der Waals surface area contributed by atoms with Gasteiger partial charge >= 0.3 is 0 Å². The molecule has 0 aromatic heterocycles.